The normalized spacial score (nSPS) is 10.0. The van der Waals surface area contributed by atoms with E-state index in [0.717, 1.165) is 16.5 Å². The van der Waals surface area contributed by atoms with Gasteiger partial charge >= 0.3 is 0 Å². The fraction of sp³-hybridized carbons (Fsp3) is 0.300. The number of tetrazole rings is 1. The average Bonchev–Trinajstić information content (AvgIpc) is 2.93. The summed E-state index contributed by atoms with van der Waals surface area (Å²) in [6.07, 6.45) is 0. The van der Waals surface area contributed by atoms with Crippen LogP contribution < -0.4 is 5.73 Å². The van der Waals surface area contributed by atoms with Gasteiger partial charge in [-0.3, -0.25) is 0 Å². The summed E-state index contributed by atoms with van der Waals surface area (Å²) >= 11 is 3.28. The zero-order valence-corrected chi connectivity index (χ0v) is 10.9. The standard InChI is InChI=1S/C10H11N5S2/c1-15-10(12-13-14-15)17-7-9-8(3-2-5-11)4-6-16-9/h4,6H,5,7,11H2,1H3. The van der Waals surface area contributed by atoms with Crippen molar-refractivity contribution in [2.45, 2.75) is 10.9 Å². The van der Waals surface area contributed by atoms with Crippen LogP contribution in [-0.4, -0.2) is 26.8 Å². The van der Waals surface area contributed by atoms with E-state index in [2.05, 4.69) is 27.4 Å². The lowest BCUT2D eigenvalue weighted by Crippen LogP contribution is -1.94. The largest absolute Gasteiger partial charge is 0.320 e. The lowest BCUT2D eigenvalue weighted by molar-refractivity contribution is 0.664. The van der Waals surface area contributed by atoms with E-state index in [1.165, 1.54) is 4.88 Å². The first-order valence-corrected chi connectivity index (χ1v) is 6.78. The van der Waals surface area contributed by atoms with Crippen LogP contribution in [0.4, 0.5) is 0 Å². The molecule has 0 amide bonds. The van der Waals surface area contributed by atoms with Crippen LogP contribution in [0.25, 0.3) is 0 Å². The molecule has 0 fully saturated rings. The lowest BCUT2D eigenvalue weighted by atomic mass is 10.3. The number of aryl methyl sites for hydroxylation is 1. The molecule has 0 unspecified atom stereocenters. The van der Waals surface area contributed by atoms with E-state index in [0.29, 0.717) is 6.54 Å². The summed E-state index contributed by atoms with van der Waals surface area (Å²) in [4.78, 5) is 1.22. The van der Waals surface area contributed by atoms with Crippen LogP contribution in [0.5, 0.6) is 0 Å². The Kier molecular flexibility index (Phi) is 4.14. The van der Waals surface area contributed by atoms with Crippen LogP contribution in [0, 0.1) is 11.8 Å². The van der Waals surface area contributed by atoms with Crippen LogP contribution in [0.1, 0.15) is 10.4 Å². The molecule has 0 aromatic carbocycles. The van der Waals surface area contributed by atoms with E-state index < -0.39 is 0 Å². The Bertz CT molecular complexity index is 548. The predicted octanol–water partition coefficient (Wildman–Crippen LogP) is 0.874. The van der Waals surface area contributed by atoms with Crippen LogP contribution in [0.3, 0.4) is 0 Å². The van der Waals surface area contributed by atoms with Crippen LogP contribution in [0.15, 0.2) is 16.6 Å². The third-order valence-electron chi connectivity index (χ3n) is 1.98. The fourth-order valence-electron chi connectivity index (χ4n) is 1.18. The number of thiophene rings is 1. The molecule has 7 heteroatoms. The summed E-state index contributed by atoms with van der Waals surface area (Å²) in [6.45, 7) is 0.385. The maximum atomic E-state index is 5.36. The SMILES string of the molecule is Cn1nnnc1SCc1sccc1C#CCN. The van der Waals surface area contributed by atoms with Crippen LogP contribution >= 0.6 is 23.1 Å². The van der Waals surface area contributed by atoms with Gasteiger partial charge in [0.1, 0.15) is 0 Å². The third kappa shape index (κ3) is 3.06. The summed E-state index contributed by atoms with van der Waals surface area (Å²) in [5.41, 5.74) is 6.41. The number of hydrogen-bond acceptors (Lipinski definition) is 6. The Morgan fingerprint density at radius 1 is 1.59 bits per heavy atom. The minimum absolute atomic E-state index is 0.385. The Balaban J connectivity index is 2.04. The number of nitrogens with two attached hydrogens (primary N) is 1. The molecule has 2 aromatic heterocycles. The molecule has 0 aliphatic rings. The molecule has 0 saturated carbocycles. The van der Waals surface area contributed by atoms with Gasteiger partial charge in [-0.1, -0.05) is 23.6 Å². The van der Waals surface area contributed by atoms with Crippen molar-refractivity contribution in [3.8, 4) is 11.8 Å². The molecular formula is C10H11N5S2. The van der Waals surface area contributed by atoms with Crippen molar-refractivity contribution in [1.82, 2.24) is 20.2 Å². The lowest BCUT2D eigenvalue weighted by Gasteiger charge is -1.97. The Hall–Kier alpha value is -1.36. The Morgan fingerprint density at radius 3 is 3.18 bits per heavy atom. The maximum Gasteiger partial charge on any atom is 0.209 e. The zero-order chi connectivity index (χ0) is 12.1. The van der Waals surface area contributed by atoms with Crippen LogP contribution in [-0.2, 0) is 12.8 Å². The highest BCUT2D eigenvalue weighted by molar-refractivity contribution is 7.98. The van der Waals surface area contributed by atoms with Gasteiger partial charge in [0, 0.05) is 23.2 Å². The number of rotatable bonds is 3. The van der Waals surface area contributed by atoms with Crippen molar-refractivity contribution in [3.63, 3.8) is 0 Å². The minimum atomic E-state index is 0.385. The summed E-state index contributed by atoms with van der Waals surface area (Å²) in [5.74, 6) is 6.75. The molecule has 0 aliphatic heterocycles. The van der Waals surface area contributed by atoms with Crippen molar-refractivity contribution >= 4 is 23.1 Å². The summed E-state index contributed by atoms with van der Waals surface area (Å²) in [7, 11) is 1.83. The average molecular weight is 265 g/mol. The van der Waals surface area contributed by atoms with Gasteiger partial charge in [0.15, 0.2) is 0 Å². The topological polar surface area (TPSA) is 69.6 Å². The van der Waals surface area contributed by atoms with Crippen molar-refractivity contribution < 1.29 is 0 Å². The van der Waals surface area contributed by atoms with Gasteiger partial charge in [-0.05, 0) is 21.9 Å². The first kappa shape index (κ1) is 12.1. The van der Waals surface area contributed by atoms with Crippen molar-refractivity contribution in [2.24, 2.45) is 12.8 Å². The number of hydrogen-bond donors (Lipinski definition) is 1. The molecule has 0 atom stereocenters. The van der Waals surface area contributed by atoms with Crippen molar-refractivity contribution in [1.29, 1.82) is 0 Å². The molecule has 2 rings (SSSR count). The molecule has 0 spiro atoms. The molecule has 88 valence electrons. The van der Waals surface area contributed by atoms with E-state index >= 15 is 0 Å². The predicted molar refractivity (Wildman–Crippen MR) is 68.6 cm³/mol. The monoisotopic (exact) mass is 265 g/mol. The van der Waals surface area contributed by atoms with Crippen LogP contribution in [0.2, 0.25) is 0 Å². The van der Waals surface area contributed by atoms with E-state index in [-0.39, 0.29) is 0 Å². The molecule has 2 N–H and O–H groups in total. The number of thioether (sulfide) groups is 1. The Labute approximate surface area is 107 Å². The van der Waals surface area contributed by atoms with Gasteiger partial charge in [0.2, 0.25) is 5.16 Å². The smallest absolute Gasteiger partial charge is 0.209 e. The molecule has 0 saturated heterocycles. The molecule has 0 bridgehead atoms. The molecule has 2 heterocycles. The van der Waals surface area contributed by atoms with Gasteiger partial charge in [0.25, 0.3) is 0 Å². The first-order chi connectivity index (χ1) is 8.31. The second-order valence-corrected chi connectivity index (χ2v) is 5.08. The minimum Gasteiger partial charge on any atom is -0.320 e. The highest BCUT2D eigenvalue weighted by Gasteiger charge is 2.06. The quantitative estimate of drug-likeness (QED) is 0.659. The summed E-state index contributed by atoms with van der Waals surface area (Å²) in [6, 6.07) is 2.01. The van der Waals surface area contributed by atoms with Crippen molar-refractivity contribution in [3.05, 3.63) is 21.9 Å². The molecule has 0 radical (unpaired) electrons. The summed E-state index contributed by atoms with van der Waals surface area (Å²) < 4.78 is 1.66. The number of aromatic nitrogens is 4. The van der Waals surface area contributed by atoms with Gasteiger partial charge in [-0.2, -0.15) is 0 Å². The highest BCUT2D eigenvalue weighted by atomic mass is 32.2. The highest BCUT2D eigenvalue weighted by Crippen LogP contribution is 2.25. The van der Waals surface area contributed by atoms with Gasteiger partial charge < -0.3 is 5.73 Å². The fourth-order valence-corrected chi connectivity index (χ4v) is 2.98. The molecule has 17 heavy (non-hydrogen) atoms. The van der Waals surface area contributed by atoms with E-state index in [1.54, 1.807) is 27.8 Å². The van der Waals surface area contributed by atoms with Gasteiger partial charge in [-0.15, -0.1) is 16.4 Å². The van der Waals surface area contributed by atoms with E-state index in [4.69, 9.17) is 5.73 Å². The molecule has 0 aliphatic carbocycles. The maximum absolute atomic E-state index is 5.36. The third-order valence-corrected chi connectivity index (χ3v) is 4.12. The molecular weight excluding hydrogens is 254 g/mol. The second kappa shape index (κ2) is 5.82. The number of nitrogens with zero attached hydrogens (tertiary/aromatic N) is 4. The summed E-state index contributed by atoms with van der Waals surface area (Å²) in [5, 5.41) is 14.1. The Morgan fingerprint density at radius 2 is 2.47 bits per heavy atom. The molecule has 5 nitrogen and oxygen atoms in total. The van der Waals surface area contributed by atoms with Gasteiger partial charge in [-0.25, -0.2) is 4.68 Å². The van der Waals surface area contributed by atoms with Crippen molar-refractivity contribution in [2.75, 3.05) is 6.54 Å². The molecule has 2 aromatic rings. The van der Waals surface area contributed by atoms with E-state index in [1.807, 2.05) is 18.5 Å². The first-order valence-electron chi connectivity index (χ1n) is 4.91. The van der Waals surface area contributed by atoms with E-state index in [9.17, 15) is 0 Å². The zero-order valence-electron chi connectivity index (χ0n) is 9.25. The second-order valence-electron chi connectivity index (χ2n) is 3.14. The van der Waals surface area contributed by atoms with Gasteiger partial charge in [0.05, 0.1) is 6.54 Å².